The molecule has 1 unspecified atom stereocenters. The lowest BCUT2D eigenvalue weighted by Crippen LogP contribution is -2.52. The first-order chi connectivity index (χ1) is 13.5. The first kappa shape index (κ1) is 21.1. The van der Waals surface area contributed by atoms with Gasteiger partial charge >= 0.3 is 0 Å². The molecule has 0 spiro atoms. The Balaban J connectivity index is 1.65. The van der Waals surface area contributed by atoms with Gasteiger partial charge < -0.3 is 14.5 Å². The molecule has 0 saturated carbocycles. The maximum atomic E-state index is 13.0. The molecule has 0 radical (unpaired) electrons. The fourth-order valence-electron chi connectivity index (χ4n) is 3.93. The molecule has 0 N–H and O–H groups in total. The van der Waals surface area contributed by atoms with Gasteiger partial charge in [0.05, 0.1) is 17.4 Å². The molecule has 1 aromatic rings. The minimum atomic E-state index is -3.60. The third-order valence-electron chi connectivity index (χ3n) is 5.64. The monoisotopic (exact) mass is 409 g/mol. The number of amides is 1. The topological polar surface area (TPSA) is 70.2 Å². The Morgan fingerprint density at radius 2 is 1.75 bits per heavy atom. The van der Waals surface area contributed by atoms with E-state index in [1.54, 1.807) is 24.3 Å². The normalized spacial score (nSPS) is 22.2. The van der Waals surface area contributed by atoms with Gasteiger partial charge in [0, 0.05) is 39.3 Å². The van der Waals surface area contributed by atoms with Gasteiger partial charge in [-0.15, -0.1) is 0 Å². The van der Waals surface area contributed by atoms with Gasteiger partial charge in [0.15, 0.2) is 0 Å². The maximum Gasteiger partial charge on any atom is 0.243 e. The standard InChI is InChI=1S/C20H31N3O4S/c1-3-21-12-14-22(15-13-21)20(24)17-6-5-11-23(16-17)28(25,26)19-9-7-18(8-10-19)27-4-2/h7-10,17H,3-6,11-16H2,1-2H3. The van der Waals surface area contributed by atoms with Crippen LogP contribution in [0.1, 0.15) is 26.7 Å². The average molecular weight is 410 g/mol. The number of rotatable bonds is 6. The summed E-state index contributed by atoms with van der Waals surface area (Å²) in [5, 5.41) is 0. The third-order valence-corrected chi connectivity index (χ3v) is 7.52. The van der Waals surface area contributed by atoms with E-state index in [0.717, 1.165) is 39.1 Å². The van der Waals surface area contributed by atoms with Gasteiger partial charge in [0.1, 0.15) is 5.75 Å². The van der Waals surface area contributed by atoms with Crippen LogP contribution >= 0.6 is 0 Å². The van der Waals surface area contributed by atoms with Crippen molar-refractivity contribution in [2.24, 2.45) is 5.92 Å². The molecule has 1 atom stereocenters. The fraction of sp³-hybridized carbons (Fsp3) is 0.650. The molecule has 3 rings (SSSR count). The predicted molar refractivity (Wildman–Crippen MR) is 108 cm³/mol. The lowest BCUT2D eigenvalue weighted by atomic mass is 9.98. The molecule has 1 amide bonds. The van der Waals surface area contributed by atoms with Crippen molar-refractivity contribution in [1.82, 2.24) is 14.1 Å². The SMILES string of the molecule is CCOc1ccc(S(=O)(=O)N2CCCC(C(=O)N3CCN(CC)CC3)C2)cc1. The summed E-state index contributed by atoms with van der Waals surface area (Å²) < 4.78 is 32.9. The Kier molecular flexibility index (Phi) is 6.95. The highest BCUT2D eigenvalue weighted by atomic mass is 32.2. The van der Waals surface area contributed by atoms with E-state index in [4.69, 9.17) is 4.74 Å². The van der Waals surface area contributed by atoms with Crippen molar-refractivity contribution in [3.05, 3.63) is 24.3 Å². The van der Waals surface area contributed by atoms with E-state index in [1.807, 2.05) is 11.8 Å². The maximum absolute atomic E-state index is 13.0. The van der Waals surface area contributed by atoms with Crippen LogP contribution in [0, 0.1) is 5.92 Å². The molecule has 0 bridgehead atoms. The number of benzene rings is 1. The lowest BCUT2D eigenvalue weighted by molar-refractivity contribution is -0.138. The molecule has 28 heavy (non-hydrogen) atoms. The minimum Gasteiger partial charge on any atom is -0.494 e. The van der Waals surface area contributed by atoms with Crippen molar-refractivity contribution in [2.45, 2.75) is 31.6 Å². The second-order valence-electron chi connectivity index (χ2n) is 7.37. The lowest BCUT2D eigenvalue weighted by Gasteiger charge is -2.38. The summed E-state index contributed by atoms with van der Waals surface area (Å²) in [6.45, 7) is 9.52. The molecule has 7 nitrogen and oxygen atoms in total. The molecule has 2 saturated heterocycles. The Hall–Kier alpha value is -1.64. The smallest absolute Gasteiger partial charge is 0.243 e. The van der Waals surface area contributed by atoms with E-state index in [-0.39, 0.29) is 23.3 Å². The highest BCUT2D eigenvalue weighted by molar-refractivity contribution is 7.89. The first-order valence-corrected chi connectivity index (χ1v) is 11.6. The molecular formula is C20H31N3O4S. The number of carbonyl (C=O) groups is 1. The molecule has 0 aromatic heterocycles. The molecule has 2 aliphatic rings. The number of piperidine rings is 1. The number of ether oxygens (including phenoxy) is 1. The number of sulfonamides is 1. The summed E-state index contributed by atoms with van der Waals surface area (Å²) in [6, 6.07) is 6.51. The number of piperazine rings is 1. The molecule has 8 heteroatoms. The van der Waals surface area contributed by atoms with Crippen LogP contribution in [-0.2, 0) is 14.8 Å². The van der Waals surface area contributed by atoms with Gasteiger partial charge in [-0.05, 0) is 50.6 Å². The van der Waals surface area contributed by atoms with Crippen molar-refractivity contribution in [1.29, 1.82) is 0 Å². The number of nitrogens with zero attached hydrogens (tertiary/aromatic N) is 3. The molecule has 0 aliphatic carbocycles. The highest BCUT2D eigenvalue weighted by Crippen LogP contribution is 2.26. The second-order valence-corrected chi connectivity index (χ2v) is 9.30. The van der Waals surface area contributed by atoms with Crippen molar-refractivity contribution in [3.63, 3.8) is 0 Å². The summed E-state index contributed by atoms with van der Waals surface area (Å²) in [5.41, 5.74) is 0. The number of hydrogen-bond donors (Lipinski definition) is 0. The summed E-state index contributed by atoms with van der Waals surface area (Å²) in [7, 11) is -3.60. The van der Waals surface area contributed by atoms with Crippen LogP contribution in [-0.4, -0.2) is 80.9 Å². The van der Waals surface area contributed by atoms with Crippen LogP contribution in [0.2, 0.25) is 0 Å². The molecular weight excluding hydrogens is 378 g/mol. The van der Waals surface area contributed by atoms with Crippen LogP contribution < -0.4 is 4.74 Å². The zero-order chi connectivity index (χ0) is 20.1. The van der Waals surface area contributed by atoms with Crippen molar-refractivity contribution >= 4 is 15.9 Å². The minimum absolute atomic E-state index is 0.0994. The van der Waals surface area contributed by atoms with E-state index >= 15 is 0 Å². The van der Waals surface area contributed by atoms with Gasteiger partial charge in [0.25, 0.3) is 0 Å². The summed E-state index contributed by atoms with van der Waals surface area (Å²) in [6.07, 6.45) is 1.46. The van der Waals surface area contributed by atoms with Crippen molar-refractivity contribution in [2.75, 3.05) is 52.4 Å². The van der Waals surface area contributed by atoms with Gasteiger partial charge in [0.2, 0.25) is 15.9 Å². The van der Waals surface area contributed by atoms with Crippen molar-refractivity contribution < 1.29 is 17.9 Å². The average Bonchev–Trinajstić information content (AvgIpc) is 2.74. The fourth-order valence-corrected chi connectivity index (χ4v) is 5.45. The highest BCUT2D eigenvalue weighted by Gasteiger charge is 2.35. The van der Waals surface area contributed by atoms with Crippen molar-refractivity contribution in [3.8, 4) is 5.75 Å². The van der Waals surface area contributed by atoms with E-state index in [2.05, 4.69) is 11.8 Å². The zero-order valence-corrected chi connectivity index (χ0v) is 17.7. The quantitative estimate of drug-likeness (QED) is 0.715. The number of hydrogen-bond acceptors (Lipinski definition) is 5. The number of carbonyl (C=O) groups excluding carboxylic acids is 1. The Bertz CT molecular complexity index is 758. The summed E-state index contributed by atoms with van der Waals surface area (Å²) >= 11 is 0. The Morgan fingerprint density at radius 1 is 1.07 bits per heavy atom. The summed E-state index contributed by atoms with van der Waals surface area (Å²) in [4.78, 5) is 17.4. The molecule has 156 valence electrons. The summed E-state index contributed by atoms with van der Waals surface area (Å²) in [5.74, 6) is 0.501. The van der Waals surface area contributed by atoms with Gasteiger partial charge in [-0.2, -0.15) is 4.31 Å². The molecule has 2 heterocycles. The number of likely N-dealkylation sites (N-methyl/N-ethyl adjacent to an activating group) is 1. The van der Waals surface area contributed by atoms with Crippen LogP contribution in [0.25, 0.3) is 0 Å². The van der Waals surface area contributed by atoms with Crippen LogP contribution in [0.3, 0.4) is 0 Å². The predicted octanol–water partition coefficient (Wildman–Crippen LogP) is 1.65. The van der Waals surface area contributed by atoms with Gasteiger partial charge in [-0.1, -0.05) is 6.92 Å². The van der Waals surface area contributed by atoms with E-state index in [9.17, 15) is 13.2 Å². The van der Waals surface area contributed by atoms with E-state index < -0.39 is 10.0 Å². The van der Waals surface area contributed by atoms with Crippen LogP contribution in [0.4, 0.5) is 0 Å². The second kappa shape index (κ2) is 9.24. The van der Waals surface area contributed by atoms with Crippen LogP contribution in [0.5, 0.6) is 5.75 Å². The Labute approximate surface area is 168 Å². The first-order valence-electron chi connectivity index (χ1n) is 10.2. The van der Waals surface area contributed by atoms with Crippen LogP contribution in [0.15, 0.2) is 29.2 Å². The van der Waals surface area contributed by atoms with E-state index in [1.165, 1.54) is 4.31 Å². The molecule has 2 aliphatic heterocycles. The van der Waals surface area contributed by atoms with E-state index in [0.29, 0.717) is 25.3 Å². The molecule has 2 fully saturated rings. The van der Waals surface area contributed by atoms with Gasteiger partial charge in [-0.25, -0.2) is 8.42 Å². The zero-order valence-electron chi connectivity index (χ0n) is 16.8. The molecule has 1 aromatic carbocycles. The Morgan fingerprint density at radius 3 is 2.36 bits per heavy atom. The largest absolute Gasteiger partial charge is 0.494 e. The van der Waals surface area contributed by atoms with Gasteiger partial charge in [-0.3, -0.25) is 4.79 Å². The third kappa shape index (κ3) is 4.67.